The van der Waals surface area contributed by atoms with Crippen LogP contribution in [0.15, 0.2) is 22.5 Å². The Hall–Kier alpha value is -0.300. The topological polar surface area (TPSA) is 41.6 Å². The minimum atomic E-state index is 0. The van der Waals surface area contributed by atoms with Crippen LogP contribution < -0.4 is 5.73 Å². The molecule has 0 amide bonds. The number of piperidine rings is 1. The van der Waals surface area contributed by atoms with Crippen LogP contribution in [0.3, 0.4) is 0 Å². The molecule has 0 unspecified atom stereocenters. The zero-order valence-electron chi connectivity index (χ0n) is 10.1. The molecule has 0 aromatic carbocycles. The molecule has 0 atom stereocenters. The van der Waals surface area contributed by atoms with E-state index in [4.69, 9.17) is 5.73 Å². The average molecular weight is 365 g/mol. The smallest absolute Gasteiger partial charge is 0.191 e. The lowest BCUT2D eigenvalue weighted by Gasteiger charge is -2.30. The van der Waals surface area contributed by atoms with Crippen LogP contribution in [0.4, 0.5) is 0 Å². The summed E-state index contributed by atoms with van der Waals surface area (Å²) in [4.78, 5) is 7.92. The number of hydrogen-bond donors (Lipinski definition) is 1. The van der Waals surface area contributed by atoms with Gasteiger partial charge in [-0.1, -0.05) is 13.0 Å². The van der Waals surface area contributed by atoms with Gasteiger partial charge in [-0.3, -0.25) is 0 Å². The van der Waals surface area contributed by atoms with Crippen molar-refractivity contribution in [2.45, 2.75) is 26.3 Å². The number of likely N-dealkylation sites (tertiary alicyclic amines) is 1. The zero-order valence-corrected chi connectivity index (χ0v) is 13.3. The molecule has 0 radical (unpaired) electrons. The van der Waals surface area contributed by atoms with Gasteiger partial charge in [0.05, 0.1) is 6.54 Å². The quantitative estimate of drug-likeness (QED) is 0.498. The maximum atomic E-state index is 5.99. The average Bonchev–Trinajstić information content (AvgIpc) is 2.80. The van der Waals surface area contributed by atoms with E-state index in [-0.39, 0.29) is 24.0 Å². The molecule has 1 saturated heterocycles. The highest BCUT2D eigenvalue weighted by Gasteiger charge is 2.16. The third-order valence-corrected chi connectivity index (χ3v) is 3.95. The molecule has 0 aliphatic carbocycles. The molecule has 2 N–H and O–H groups in total. The summed E-state index contributed by atoms with van der Waals surface area (Å²) in [5.41, 5.74) is 5.99. The van der Waals surface area contributed by atoms with Crippen molar-refractivity contribution in [2.75, 3.05) is 13.1 Å². The molecule has 1 aromatic rings. The van der Waals surface area contributed by atoms with E-state index >= 15 is 0 Å². The predicted molar refractivity (Wildman–Crippen MR) is 85.0 cm³/mol. The molecule has 96 valence electrons. The van der Waals surface area contributed by atoms with Gasteiger partial charge in [0.2, 0.25) is 0 Å². The Morgan fingerprint density at radius 2 is 2.24 bits per heavy atom. The lowest BCUT2D eigenvalue weighted by molar-refractivity contribution is 0.277. The number of rotatable bonds is 2. The Kier molecular flexibility index (Phi) is 6.26. The summed E-state index contributed by atoms with van der Waals surface area (Å²) in [7, 11) is 0. The van der Waals surface area contributed by atoms with Gasteiger partial charge in [0.1, 0.15) is 0 Å². The fourth-order valence-electron chi connectivity index (χ4n) is 1.90. The fraction of sp³-hybridized carbons (Fsp3) is 0.583. The Morgan fingerprint density at radius 1 is 1.53 bits per heavy atom. The second kappa shape index (κ2) is 7.20. The van der Waals surface area contributed by atoms with Crippen LogP contribution >= 0.6 is 35.3 Å². The summed E-state index contributed by atoms with van der Waals surface area (Å²) in [6, 6.07) is 4.15. The molecule has 0 bridgehead atoms. The van der Waals surface area contributed by atoms with Crippen molar-refractivity contribution in [3.05, 3.63) is 22.4 Å². The van der Waals surface area contributed by atoms with E-state index < -0.39 is 0 Å². The van der Waals surface area contributed by atoms with Gasteiger partial charge in [0, 0.05) is 18.0 Å². The standard InChI is InChI=1S/C12H19N3S.HI/c1-10-4-6-15(7-5-10)12(13)14-9-11-3-2-8-16-11;/h2-3,8,10H,4-7,9H2,1H3,(H2,13,14);1H. The van der Waals surface area contributed by atoms with Crippen LogP contribution in [0.5, 0.6) is 0 Å². The van der Waals surface area contributed by atoms with Crippen molar-refractivity contribution in [2.24, 2.45) is 16.6 Å². The molecule has 1 aliphatic heterocycles. The maximum Gasteiger partial charge on any atom is 0.191 e. The van der Waals surface area contributed by atoms with Crippen LogP contribution in [0.1, 0.15) is 24.6 Å². The number of nitrogens with zero attached hydrogens (tertiary/aromatic N) is 2. The number of thiophene rings is 1. The first-order valence-electron chi connectivity index (χ1n) is 5.83. The molecule has 1 aromatic heterocycles. The molecule has 5 heteroatoms. The van der Waals surface area contributed by atoms with E-state index in [9.17, 15) is 0 Å². The summed E-state index contributed by atoms with van der Waals surface area (Å²) in [6.45, 7) is 5.13. The second-order valence-electron chi connectivity index (χ2n) is 4.42. The fourth-order valence-corrected chi connectivity index (χ4v) is 2.53. The lowest BCUT2D eigenvalue weighted by atomic mass is 10.00. The summed E-state index contributed by atoms with van der Waals surface area (Å²) in [5, 5.41) is 2.07. The Bertz CT molecular complexity index is 343. The lowest BCUT2D eigenvalue weighted by Crippen LogP contribution is -2.42. The SMILES string of the molecule is CC1CCN(C(N)=NCc2cccs2)CC1.I. The number of aliphatic imine (C=N–C) groups is 1. The first-order valence-corrected chi connectivity index (χ1v) is 6.71. The number of halogens is 1. The van der Waals surface area contributed by atoms with E-state index in [2.05, 4.69) is 28.3 Å². The Labute approximate surface area is 124 Å². The highest BCUT2D eigenvalue weighted by Crippen LogP contribution is 2.16. The van der Waals surface area contributed by atoms with E-state index in [1.54, 1.807) is 11.3 Å². The molecular weight excluding hydrogens is 345 g/mol. The van der Waals surface area contributed by atoms with Crippen LogP contribution in [-0.4, -0.2) is 23.9 Å². The largest absolute Gasteiger partial charge is 0.370 e. The molecule has 0 spiro atoms. The minimum Gasteiger partial charge on any atom is -0.370 e. The van der Waals surface area contributed by atoms with Crippen molar-refractivity contribution >= 4 is 41.3 Å². The molecule has 0 saturated carbocycles. The van der Waals surface area contributed by atoms with Crippen molar-refractivity contribution in [1.82, 2.24) is 4.90 Å². The normalized spacial score (nSPS) is 17.9. The van der Waals surface area contributed by atoms with Crippen molar-refractivity contribution in [3.8, 4) is 0 Å². The molecule has 2 heterocycles. The van der Waals surface area contributed by atoms with Gasteiger partial charge in [0.25, 0.3) is 0 Å². The van der Waals surface area contributed by atoms with Gasteiger partial charge in [-0.2, -0.15) is 0 Å². The Balaban J connectivity index is 0.00000144. The van der Waals surface area contributed by atoms with E-state index in [1.165, 1.54) is 17.7 Å². The second-order valence-corrected chi connectivity index (χ2v) is 5.46. The van der Waals surface area contributed by atoms with Crippen molar-refractivity contribution in [3.63, 3.8) is 0 Å². The third-order valence-electron chi connectivity index (χ3n) is 3.08. The highest BCUT2D eigenvalue weighted by molar-refractivity contribution is 14.0. The van der Waals surface area contributed by atoms with Gasteiger partial charge >= 0.3 is 0 Å². The molecule has 1 fully saturated rings. The molecule has 17 heavy (non-hydrogen) atoms. The zero-order chi connectivity index (χ0) is 11.4. The number of hydrogen-bond acceptors (Lipinski definition) is 2. The molecule has 3 nitrogen and oxygen atoms in total. The van der Waals surface area contributed by atoms with Crippen LogP contribution in [0.25, 0.3) is 0 Å². The van der Waals surface area contributed by atoms with Crippen LogP contribution in [0.2, 0.25) is 0 Å². The first kappa shape index (κ1) is 14.8. The van der Waals surface area contributed by atoms with Crippen LogP contribution in [0, 0.1) is 5.92 Å². The van der Waals surface area contributed by atoms with Gasteiger partial charge in [0.15, 0.2) is 5.96 Å². The van der Waals surface area contributed by atoms with E-state index in [0.717, 1.165) is 25.6 Å². The van der Waals surface area contributed by atoms with Gasteiger partial charge in [-0.25, -0.2) is 4.99 Å². The molecular formula is C12H20IN3S. The third kappa shape index (κ3) is 4.46. The van der Waals surface area contributed by atoms with Crippen LogP contribution in [-0.2, 0) is 6.54 Å². The van der Waals surface area contributed by atoms with Gasteiger partial charge < -0.3 is 10.6 Å². The molecule has 2 rings (SSSR count). The Morgan fingerprint density at radius 3 is 2.82 bits per heavy atom. The molecule has 1 aliphatic rings. The van der Waals surface area contributed by atoms with E-state index in [1.807, 2.05) is 6.07 Å². The van der Waals surface area contributed by atoms with Crippen molar-refractivity contribution < 1.29 is 0 Å². The summed E-state index contributed by atoms with van der Waals surface area (Å²) >= 11 is 1.73. The number of guanidine groups is 1. The number of nitrogens with two attached hydrogens (primary N) is 1. The summed E-state index contributed by atoms with van der Waals surface area (Å²) in [5.74, 6) is 1.54. The van der Waals surface area contributed by atoms with Gasteiger partial charge in [-0.15, -0.1) is 35.3 Å². The first-order chi connectivity index (χ1) is 7.75. The summed E-state index contributed by atoms with van der Waals surface area (Å²) < 4.78 is 0. The van der Waals surface area contributed by atoms with Crippen molar-refractivity contribution in [1.29, 1.82) is 0 Å². The minimum absolute atomic E-state index is 0. The highest BCUT2D eigenvalue weighted by atomic mass is 127. The van der Waals surface area contributed by atoms with E-state index in [0.29, 0.717) is 5.96 Å². The van der Waals surface area contributed by atoms with Gasteiger partial charge in [-0.05, 0) is 30.2 Å². The maximum absolute atomic E-state index is 5.99. The summed E-state index contributed by atoms with van der Waals surface area (Å²) in [6.07, 6.45) is 2.46. The monoisotopic (exact) mass is 365 g/mol. The predicted octanol–water partition coefficient (Wildman–Crippen LogP) is 2.91.